The molecule has 4 aromatic rings. The van der Waals surface area contributed by atoms with Crippen molar-refractivity contribution in [3.63, 3.8) is 0 Å². The lowest BCUT2D eigenvalue weighted by Crippen LogP contribution is -2.55. The van der Waals surface area contributed by atoms with E-state index in [2.05, 4.69) is 16.9 Å². The van der Waals surface area contributed by atoms with Gasteiger partial charge in [0.2, 0.25) is 0 Å². The average Bonchev–Trinajstić information content (AvgIpc) is 3.83. The highest BCUT2D eigenvalue weighted by molar-refractivity contribution is 6.11. The number of fused-ring (bicyclic) bond motifs is 3. The fourth-order valence-corrected chi connectivity index (χ4v) is 7.12. The van der Waals surface area contributed by atoms with Crippen LogP contribution >= 0.6 is 0 Å². The minimum atomic E-state index is -0.983. The van der Waals surface area contributed by atoms with E-state index in [-0.39, 0.29) is 48.0 Å². The number of carbonyl (C=O) groups excluding carboxylic acids is 3. The molecule has 2 aliphatic heterocycles. The summed E-state index contributed by atoms with van der Waals surface area (Å²) in [5.74, 6) is -0.0532. The molecular weight excluding hydrogens is 613 g/mol. The molecule has 0 N–H and O–H groups in total. The van der Waals surface area contributed by atoms with Gasteiger partial charge in [0.05, 0.1) is 18.0 Å². The Labute approximate surface area is 278 Å². The summed E-state index contributed by atoms with van der Waals surface area (Å²) in [6, 6.07) is 17.3. The number of halogens is 1. The highest BCUT2D eigenvalue weighted by Gasteiger charge is 2.54. The van der Waals surface area contributed by atoms with Crippen molar-refractivity contribution < 1.29 is 33.0 Å². The number of piperazine rings is 1. The molecule has 3 aliphatic rings. The standard InChI is InChI=1S/C38H38FN3O6/c1-23-4-6-24(7-5-23)17-35(43)38(13-14-38)36(44)18-25-8-11-32(29(39)16-25)47-31-12-15-40-30-20-34(33(46-3)19-28(30)31)48-37(45)42-26-9-10-27(42)22-41(2)21-26/h4-8,11-12,15-16,19-20,26-27H,9-10,13-14,17-18,21-22H2,1-3H3. The number of likely N-dealkylation sites (tertiary alicyclic amines) is 1. The number of aromatic nitrogens is 1. The van der Waals surface area contributed by atoms with Gasteiger partial charge in [0, 0.05) is 55.7 Å². The maximum Gasteiger partial charge on any atom is 0.415 e. The number of aryl methyl sites for hydroxylation is 1. The molecular formula is C38H38FN3O6. The number of benzene rings is 3. The molecule has 2 bridgehead atoms. The molecule has 0 radical (unpaired) electrons. The number of nitrogens with zero attached hydrogens (tertiary/aromatic N) is 3. The second-order valence-electron chi connectivity index (χ2n) is 13.3. The lowest BCUT2D eigenvalue weighted by atomic mass is 9.87. The summed E-state index contributed by atoms with van der Waals surface area (Å²) in [4.78, 5) is 48.2. The lowest BCUT2D eigenvalue weighted by molar-refractivity contribution is -0.133. The van der Waals surface area contributed by atoms with Crippen LogP contribution in [-0.2, 0) is 22.4 Å². The van der Waals surface area contributed by atoms with Crippen LogP contribution in [0.5, 0.6) is 23.0 Å². The first-order valence-electron chi connectivity index (χ1n) is 16.4. The van der Waals surface area contributed by atoms with E-state index in [0.717, 1.165) is 37.1 Å². The van der Waals surface area contributed by atoms with E-state index in [1.54, 1.807) is 24.3 Å². The van der Waals surface area contributed by atoms with Crippen molar-refractivity contribution in [1.29, 1.82) is 0 Å². The Bertz CT molecular complexity index is 1890. The van der Waals surface area contributed by atoms with Gasteiger partial charge in [-0.05, 0) is 75.0 Å². The van der Waals surface area contributed by atoms with Crippen molar-refractivity contribution in [2.45, 2.75) is 57.5 Å². The average molecular weight is 652 g/mol. The Hall–Kier alpha value is -4.83. The van der Waals surface area contributed by atoms with Gasteiger partial charge in [-0.2, -0.15) is 0 Å². The number of ether oxygens (including phenoxy) is 3. The van der Waals surface area contributed by atoms with Gasteiger partial charge in [0.1, 0.15) is 5.75 Å². The maximum absolute atomic E-state index is 15.4. The molecule has 1 saturated carbocycles. The summed E-state index contributed by atoms with van der Waals surface area (Å²) in [5.41, 5.74) is 1.96. The number of hydrogen-bond acceptors (Lipinski definition) is 8. The van der Waals surface area contributed by atoms with Gasteiger partial charge < -0.3 is 19.1 Å². The number of hydrogen-bond donors (Lipinski definition) is 0. The minimum absolute atomic E-state index is 0.0321. The third-order valence-electron chi connectivity index (χ3n) is 9.94. The summed E-state index contributed by atoms with van der Waals surface area (Å²) in [6.07, 6.45) is 4.23. The number of carbonyl (C=O) groups is 3. The molecule has 7 rings (SSSR count). The fourth-order valence-electron chi connectivity index (χ4n) is 7.12. The zero-order chi connectivity index (χ0) is 33.6. The predicted molar refractivity (Wildman–Crippen MR) is 177 cm³/mol. The van der Waals surface area contributed by atoms with Crippen LogP contribution in [0, 0.1) is 18.2 Å². The van der Waals surface area contributed by atoms with Crippen molar-refractivity contribution in [1.82, 2.24) is 14.8 Å². The van der Waals surface area contributed by atoms with Gasteiger partial charge in [-0.3, -0.25) is 19.5 Å². The van der Waals surface area contributed by atoms with Crippen molar-refractivity contribution in [2.24, 2.45) is 5.41 Å². The summed E-state index contributed by atoms with van der Waals surface area (Å²) in [6.45, 7) is 3.61. The largest absolute Gasteiger partial charge is 0.493 e. The Morgan fingerprint density at radius 2 is 1.52 bits per heavy atom. The summed E-state index contributed by atoms with van der Waals surface area (Å²) in [5, 5.41) is 0.537. The molecule has 10 heteroatoms. The van der Waals surface area contributed by atoms with Crippen LogP contribution in [0.25, 0.3) is 10.9 Å². The molecule has 48 heavy (non-hydrogen) atoms. The van der Waals surface area contributed by atoms with Gasteiger partial charge in [-0.15, -0.1) is 0 Å². The van der Waals surface area contributed by atoms with E-state index in [1.807, 2.05) is 36.1 Å². The van der Waals surface area contributed by atoms with Crippen LogP contribution in [0.15, 0.2) is 66.9 Å². The lowest BCUT2D eigenvalue weighted by Gasteiger charge is -2.38. The molecule has 2 unspecified atom stereocenters. The number of rotatable bonds is 10. The first-order valence-corrected chi connectivity index (χ1v) is 16.4. The zero-order valence-corrected chi connectivity index (χ0v) is 27.3. The van der Waals surface area contributed by atoms with E-state index >= 15 is 4.39 Å². The van der Waals surface area contributed by atoms with E-state index in [9.17, 15) is 14.4 Å². The normalized spacial score (nSPS) is 19.6. The number of amides is 1. The second-order valence-corrected chi connectivity index (χ2v) is 13.3. The summed E-state index contributed by atoms with van der Waals surface area (Å²) >= 11 is 0. The van der Waals surface area contributed by atoms with Gasteiger partial charge >= 0.3 is 6.09 Å². The van der Waals surface area contributed by atoms with E-state index < -0.39 is 17.3 Å². The minimum Gasteiger partial charge on any atom is -0.493 e. The SMILES string of the molecule is COc1cc2c(Oc3ccc(CC(=O)C4(C(=O)Cc5ccc(C)cc5)CC4)cc3F)ccnc2cc1OC(=O)N1C2CCC1CN(C)C2. The fraction of sp³-hybridized carbons (Fsp3) is 0.368. The van der Waals surface area contributed by atoms with Gasteiger partial charge in [0.25, 0.3) is 0 Å². The smallest absolute Gasteiger partial charge is 0.415 e. The first kappa shape index (κ1) is 31.8. The third-order valence-corrected chi connectivity index (χ3v) is 9.94. The summed E-state index contributed by atoms with van der Waals surface area (Å²) in [7, 11) is 3.55. The molecule has 3 aromatic carbocycles. The van der Waals surface area contributed by atoms with Crippen molar-refractivity contribution >= 4 is 28.6 Å². The molecule has 3 heterocycles. The van der Waals surface area contributed by atoms with Crippen LogP contribution in [0.4, 0.5) is 9.18 Å². The maximum atomic E-state index is 15.4. The Balaban J connectivity index is 1.05. The number of likely N-dealkylation sites (N-methyl/N-ethyl adjacent to an activating group) is 1. The first-order chi connectivity index (χ1) is 23.1. The van der Waals surface area contributed by atoms with E-state index in [0.29, 0.717) is 40.8 Å². The van der Waals surface area contributed by atoms with Crippen LogP contribution in [0.3, 0.4) is 0 Å². The van der Waals surface area contributed by atoms with E-state index in [1.165, 1.54) is 25.4 Å². The number of pyridine rings is 1. The molecule has 2 saturated heterocycles. The third kappa shape index (κ3) is 6.12. The molecule has 0 spiro atoms. The molecule has 2 atom stereocenters. The molecule has 1 amide bonds. The van der Waals surface area contributed by atoms with Crippen molar-refractivity contribution in [2.75, 3.05) is 27.2 Å². The molecule has 9 nitrogen and oxygen atoms in total. The second kappa shape index (κ2) is 12.6. The van der Waals surface area contributed by atoms with Crippen LogP contribution in [0.1, 0.15) is 42.4 Å². The van der Waals surface area contributed by atoms with Crippen LogP contribution < -0.4 is 14.2 Å². The van der Waals surface area contributed by atoms with Gasteiger partial charge in [-0.25, -0.2) is 9.18 Å². The number of Topliss-reactive ketones (excluding diaryl/α,β-unsaturated/α-hetero) is 2. The Morgan fingerprint density at radius 1 is 0.854 bits per heavy atom. The Morgan fingerprint density at radius 3 is 2.17 bits per heavy atom. The van der Waals surface area contributed by atoms with Crippen LogP contribution in [-0.4, -0.2) is 71.8 Å². The van der Waals surface area contributed by atoms with Crippen molar-refractivity contribution in [3.05, 3.63) is 89.4 Å². The predicted octanol–water partition coefficient (Wildman–Crippen LogP) is 6.46. The van der Waals surface area contributed by atoms with E-state index in [4.69, 9.17) is 14.2 Å². The molecule has 1 aromatic heterocycles. The van der Waals surface area contributed by atoms with Gasteiger partial charge in [0.15, 0.2) is 34.6 Å². The quantitative estimate of drug-likeness (QED) is 0.180. The monoisotopic (exact) mass is 651 g/mol. The molecule has 1 aliphatic carbocycles. The highest BCUT2D eigenvalue weighted by atomic mass is 19.1. The van der Waals surface area contributed by atoms with Crippen molar-refractivity contribution in [3.8, 4) is 23.0 Å². The number of methoxy groups -OCH3 is 1. The number of ketones is 2. The zero-order valence-electron chi connectivity index (χ0n) is 27.3. The van der Waals surface area contributed by atoms with Crippen LogP contribution in [0.2, 0.25) is 0 Å². The Kier molecular flexibility index (Phi) is 8.37. The topological polar surface area (TPSA) is 98.3 Å². The summed E-state index contributed by atoms with van der Waals surface area (Å²) < 4.78 is 32.8. The molecule has 3 fully saturated rings. The highest BCUT2D eigenvalue weighted by Crippen LogP contribution is 2.49. The molecule has 248 valence electrons. The van der Waals surface area contributed by atoms with Gasteiger partial charge in [-0.1, -0.05) is 35.9 Å².